The van der Waals surface area contributed by atoms with Crippen molar-refractivity contribution in [3.8, 4) is 0 Å². The summed E-state index contributed by atoms with van der Waals surface area (Å²) in [6.45, 7) is 6.38. The third kappa shape index (κ3) is 3.40. The molecule has 0 saturated heterocycles. The maximum atomic E-state index is 11.7. The molecular weight excluding hydrogens is 240 g/mol. The lowest BCUT2D eigenvalue weighted by molar-refractivity contribution is -0.190. The molecule has 0 spiro atoms. The molecule has 1 unspecified atom stereocenters. The quantitative estimate of drug-likeness (QED) is 0.290. The van der Waals surface area contributed by atoms with Crippen LogP contribution < -0.4 is 0 Å². The van der Waals surface area contributed by atoms with Gasteiger partial charge in [0.1, 0.15) is 6.29 Å². The van der Waals surface area contributed by atoms with Gasteiger partial charge in [0, 0.05) is 0 Å². The highest BCUT2D eigenvalue weighted by Crippen LogP contribution is 2.23. The number of hydrogen-bond donors (Lipinski definition) is 1. The molecule has 102 valence electrons. The zero-order valence-electron chi connectivity index (χ0n) is 10.5. The molecule has 0 bridgehead atoms. The molecule has 0 rings (SSSR count). The molecule has 0 aromatic rings. The molecule has 0 aliphatic carbocycles. The number of aliphatic hydroxyl groups is 1. The van der Waals surface area contributed by atoms with Crippen LogP contribution >= 0.6 is 0 Å². The highest BCUT2D eigenvalue weighted by molar-refractivity contribution is 6.05. The number of allylic oxidation sites excluding steroid dienone is 1. The first-order valence-electron chi connectivity index (χ1n) is 5.61. The minimum atomic E-state index is -2.62. The van der Waals surface area contributed by atoms with Crippen molar-refractivity contribution in [2.45, 2.75) is 25.9 Å². The monoisotopic (exact) mass is 258 g/mol. The predicted molar refractivity (Wildman–Crippen MR) is 62.6 cm³/mol. The van der Waals surface area contributed by atoms with Gasteiger partial charge in [-0.25, -0.2) is 9.59 Å². The van der Waals surface area contributed by atoms with Crippen molar-refractivity contribution in [3.05, 3.63) is 12.7 Å². The van der Waals surface area contributed by atoms with Crippen molar-refractivity contribution in [2.75, 3.05) is 13.2 Å². The third-order valence-electron chi connectivity index (χ3n) is 2.29. The highest BCUT2D eigenvalue weighted by atomic mass is 16.6. The van der Waals surface area contributed by atoms with Crippen LogP contribution in [0.1, 0.15) is 20.3 Å². The summed E-state index contributed by atoms with van der Waals surface area (Å²) < 4.78 is 9.24. The maximum Gasteiger partial charge on any atom is 0.350 e. The van der Waals surface area contributed by atoms with E-state index in [2.05, 4.69) is 16.1 Å². The molecule has 0 aliphatic rings. The standard InChI is InChI=1S/C12H18O6/c1-4-7-9(8-13)12(16,10(14)17-5-2)11(15)18-6-3/h4,8-9,16H,1,5-7H2,2-3H3. The van der Waals surface area contributed by atoms with Crippen LogP contribution in [0.4, 0.5) is 0 Å². The molecule has 0 fully saturated rings. The molecule has 0 saturated carbocycles. The minimum absolute atomic E-state index is 0.0276. The summed E-state index contributed by atoms with van der Waals surface area (Å²) in [6, 6.07) is 0. The molecule has 1 atom stereocenters. The molecule has 0 heterocycles. The Morgan fingerprint density at radius 2 is 1.72 bits per heavy atom. The van der Waals surface area contributed by atoms with Crippen LogP contribution in [0.5, 0.6) is 0 Å². The van der Waals surface area contributed by atoms with Crippen LogP contribution in [0.25, 0.3) is 0 Å². The summed E-state index contributed by atoms with van der Waals surface area (Å²) in [7, 11) is 0. The molecule has 0 amide bonds. The normalized spacial score (nSPS) is 12.4. The van der Waals surface area contributed by atoms with Crippen molar-refractivity contribution in [3.63, 3.8) is 0 Å². The zero-order valence-corrected chi connectivity index (χ0v) is 10.5. The van der Waals surface area contributed by atoms with E-state index in [1.165, 1.54) is 19.9 Å². The van der Waals surface area contributed by atoms with Crippen molar-refractivity contribution in [1.29, 1.82) is 0 Å². The van der Waals surface area contributed by atoms with E-state index >= 15 is 0 Å². The first-order valence-corrected chi connectivity index (χ1v) is 5.61. The Hall–Kier alpha value is -1.69. The van der Waals surface area contributed by atoms with Crippen molar-refractivity contribution in [1.82, 2.24) is 0 Å². The van der Waals surface area contributed by atoms with E-state index in [-0.39, 0.29) is 19.6 Å². The second kappa shape index (κ2) is 7.60. The molecule has 0 aromatic heterocycles. The van der Waals surface area contributed by atoms with Crippen LogP contribution in [-0.4, -0.2) is 42.1 Å². The Morgan fingerprint density at radius 3 is 2.00 bits per heavy atom. The van der Waals surface area contributed by atoms with Gasteiger partial charge in [-0.2, -0.15) is 0 Å². The maximum absolute atomic E-state index is 11.7. The van der Waals surface area contributed by atoms with Crippen LogP contribution in [-0.2, 0) is 23.9 Å². The highest BCUT2D eigenvalue weighted by Gasteiger charge is 2.53. The molecule has 18 heavy (non-hydrogen) atoms. The zero-order chi connectivity index (χ0) is 14.2. The molecule has 6 nitrogen and oxygen atoms in total. The van der Waals surface area contributed by atoms with E-state index in [9.17, 15) is 19.5 Å². The lowest BCUT2D eigenvalue weighted by Crippen LogP contribution is -2.55. The number of carbonyl (C=O) groups excluding carboxylic acids is 3. The largest absolute Gasteiger partial charge is 0.463 e. The fourth-order valence-electron chi connectivity index (χ4n) is 1.37. The Kier molecular flexibility index (Phi) is 6.89. The fourth-order valence-corrected chi connectivity index (χ4v) is 1.37. The predicted octanol–water partition coefficient (Wildman–Crippen LogP) is 0.235. The molecule has 0 radical (unpaired) electrons. The van der Waals surface area contributed by atoms with Gasteiger partial charge >= 0.3 is 11.9 Å². The van der Waals surface area contributed by atoms with Crippen molar-refractivity contribution < 1.29 is 29.0 Å². The van der Waals surface area contributed by atoms with Crippen LogP contribution in [0, 0.1) is 5.92 Å². The van der Waals surface area contributed by atoms with Gasteiger partial charge in [0.25, 0.3) is 5.60 Å². The molecule has 6 heteroatoms. The van der Waals surface area contributed by atoms with Gasteiger partial charge in [0.05, 0.1) is 19.1 Å². The van der Waals surface area contributed by atoms with E-state index in [4.69, 9.17) is 0 Å². The van der Waals surface area contributed by atoms with Gasteiger partial charge in [0.15, 0.2) is 0 Å². The third-order valence-corrected chi connectivity index (χ3v) is 2.29. The first kappa shape index (κ1) is 16.3. The van der Waals surface area contributed by atoms with Crippen LogP contribution in [0.2, 0.25) is 0 Å². The van der Waals surface area contributed by atoms with E-state index in [0.29, 0.717) is 6.29 Å². The van der Waals surface area contributed by atoms with E-state index in [0.717, 1.165) is 0 Å². The molecule has 0 aromatic carbocycles. The summed E-state index contributed by atoms with van der Waals surface area (Å²) in [5.41, 5.74) is -2.62. The summed E-state index contributed by atoms with van der Waals surface area (Å²) in [5, 5.41) is 10.2. The second-order valence-corrected chi connectivity index (χ2v) is 3.47. The first-order chi connectivity index (χ1) is 8.48. The van der Waals surface area contributed by atoms with Gasteiger partial charge in [-0.15, -0.1) is 6.58 Å². The second-order valence-electron chi connectivity index (χ2n) is 3.47. The average molecular weight is 258 g/mol. The summed E-state index contributed by atoms with van der Waals surface area (Å²) in [4.78, 5) is 34.3. The average Bonchev–Trinajstić information content (AvgIpc) is 2.35. The molecule has 0 aliphatic heterocycles. The number of rotatable bonds is 8. The number of aldehydes is 1. The van der Waals surface area contributed by atoms with Crippen LogP contribution in [0.3, 0.4) is 0 Å². The Bertz CT molecular complexity index is 305. The topological polar surface area (TPSA) is 89.9 Å². The van der Waals surface area contributed by atoms with Crippen molar-refractivity contribution in [2.24, 2.45) is 5.92 Å². The lowest BCUT2D eigenvalue weighted by atomic mass is 9.86. The van der Waals surface area contributed by atoms with Crippen LogP contribution in [0.15, 0.2) is 12.7 Å². The van der Waals surface area contributed by atoms with Crippen molar-refractivity contribution >= 4 is 18.2 Å². The van der Waals surface area contributed by atoms with E-state index in [1.54, 1.807) is 0 Å². The number of esters is 2. The van der Waals surface area contributed by atoms with E-state index in [1.807, 2.05) is 0 Å². The summed E-state index contributed by atoms with van der Waals surface area (Å²) in [5.74, 6) is -3.67. The van der Waals surface area contributed by atoms with Gasteiger partial charge < -0.3 is 19.4 Å². The van der Waals surface area contributed by atoms with Gasteiger partial charge in [-0.3, -0.25) is 0 Å². The number of ether oxygens (including phenoxy) is 2. The minimum Gasteiger partial charge on any atom is -0.463 e. The van der Waals surface area contributed by atoms with Gasteiger partial charge in [-0.05, 0) is 20.3 Å². The Balaban J connectivity index is 5.35. The molecule has 1 N–H and O–H groups in total. The smallest absolute Gasteiger partial charge is 0.350 e. The SMILES string of the molecule is C=CCC(C=O)C(O)(C(=O)OCC)C(=O)OCC. The van der Waals surface area contributed by atoms with Gasteiger partial charge in [0.2, 0.25) is 0 Å². The number of carbonyl (C=O) groups is 3. The van der Waals surface area contributed by atoms with E-state index < -0.39 is 23.5 Å². The lowest BCUT2D eigenvalue weighted by Gasteiger charge is -2.27. The summed E-state index contributed by atoms with van der Waals surface area (Å²) in [6.07, 6.45) is 1.59. The van der Waals surface area contributed by atoms with Gasteiger partial charge in [-0.1, -0.05) is 6.08 Å². The molecular formula is C12H18O6. The Morgan fingerprint density at radius 1 is 1.28 bits per heavy atom. The Labute approximate surface area is 106 Å². The fraction of sp³-hybridized carbons (Fsp3) is 0.583. The number of hydrogen-bond acceptors (Lipinski definition) is 6. The summed E-state index contributed by atoms with van der Waals surface area (Å²) >= 11 is 0.